The van der Waals surface area contributed by atoms with Crippen LogP contribution in [0.2, 0.25) is 0 Å². The van der Waals surface area contributed by atoms with Crippen LogP contribution >= 0.6 is 0 Å². The van der Waals surface area contributed by atoms with Crippen molar-refractivity contribution >= 4 is 17.9 Å². The fourth-order valence-electron chi connectivity index (χ4n) is 2.27. The van der Waals surface area contributed by atoms with Crippen molar-refractivity contribution in [3.63, 3.8) is 0 Å². The Bertz CT molecular complexity index is 844. The third-order valence-electron chi connectivity index (χ3n) is 3.47. The summed E-state index contributed by atoms with van der Waals surface area (Å²) in [5, 5.41) is 12.8. The van der Waals surface area contributed by atoms with Gasteiger partial charge in [0.05, 0.1) is 11.4 Å². The molecule has 26 heavy (non-hydrogen) atoms. The molecule has 2 aromatic rings. The number of urea groups is 1. The van der Waals surface area contributed by atoms with Crippen LogP contribution in [0.3, 0.4) is 0 Å². The van der Waals surface area contributed by atoms with Crippen molar-refractivity contribution in [3.8, 4) is 5.69 Å². The van der Waals surface area contributed by atoms with Gasteiger partial charge in [-0.25, -0.2) is 9.59 Å². The van der Waals surface area contributed by atoms with Crippen molar-refractivity contribution in [2.45, 2.75) is 27.7 Å². The van der Waals surface area contributed by atoms with Crippen LogP contribution in [0.15, 0.2) is 18.2 Å². The topological polar surface area (TPSA) is 115 Å². The van der Waals surface area contributed by atoms with E-state index >= 15 is 0 Å². The molecule has 0 bridgehead atoms. The summed E-state index contributed by atoms with van der Waals surface area (Å²) in [4.78, 5) is 36.3. The molecule has 1 heterocycles. The number of amides is 3. The van der Waals surface area contributed by atoms with Crippen LogP contribution in [0.5, 0.6) is 0 Å². The van der Waals surface area contributed by atoms with Crippen LogP contribution in [0.4, 0.5) is 4.79 Å². The Morgan fingerprint density at radius 1 is 1.15 bits per heavy atom. The maximum Gasteiger partial charge on any atom is 0.361 e. The standard InChI is InChI=1S/C17H21N5O4/c1-5-18-17(25)19-14(23)9-26-16(24)15-12(4)20-22(21-15)13-7-6-10(2)8-11(13)3/h6-8H,5,9H2,1-4H3,(H2,18,19,23,25). The van der Waals surface area contributed by atoms with Crippen molar-refractivity contribution in [2.24, 2.45) is 0 Å². The number of carbonyl (C=O) groups is 3. The quantitative estimate of drug-likeness (QED) is 0.775. The van der Waals surface area contributed by atoms with E-state index in [2.05, 4.69) is 15.5 Å². The van der Waals surface area contributed by atoms with Gasteiger partial charge in [-0.2, -0.15) is 9.90 Å². The third-order valence-corrected chi connectivity index (χ3v) is 3.47. The molecule has 0 atom stereocenters. The predicted octanol–water partition coefficient (Wildman–Crippen LogP) is 1.20. The molecule has 0 saturated heterocycles. The first-order valence-electron chi connectivity index (χ1n) is 8.08. The predicted molar refractivity (Wildman–Crippen MR) is 93.1 cm³/mol. The number of hydrogen-bond donors (Lipinski definition) is 2. The lowest BCUT2D eigenvalue weighted by Crippen LogP contribution is -2.41. The number of nitrogens with zero attached hydrogens (tertiary/aromatic N) is 3. The molecule has 9 heteroatoms. The molecule has 0 aliphatic rings. The summed E-state index contributed by atoms with van der Waals surface area (Å²) < 4.78 is 4.90. The molecular formula is C17H21N5O4. The van der Waals surface area contributed by atoms with Gasteiger partial charge in [-0.15, -0.1) is 5.10 Å². The van der Waals surface area contributed by atoms with Gasteiger partial charge in [-0.05, 0) is 39.3 Å². The van der Waals surface area contributed by atoms with Crippen molar-refractivity contribution < 1.29 is 19.1 Å². The van der Waals surface area contributed by atoms with E-state index in [0.717, 1.165) is 16.8 Å². The fraction of sp³-hybridized carbons (Fsp3) is 0.353. The van der Waals surface area contributed by atoms with Crippen molar-refractivity contribution in [1.29, 1.82) is 0 Å². The first-order chi connectivity index (χ1) is 12.3. The second-order valence-electron chi connectivity index (χ2n) is 5.70. The molecule has 138 valence electrons. The highest BCUT2D eigenvalue weighted by Crippen LogP contribution is 2.15. The van der Waals surface area contributed by atoms with Gasteiger partial charge in [0.2, 0.25) is 0 Å². The van der Waals surface area contributed by atoms with E-state index in [1.165, 1.54) is 4.80 Å². The number of esters is 1. The van der Waals surface area contributed by atoms with E-state index in [0.29, 0.717) is 12.2 Å². The Morgan fingerprint density at radius 3 is 2.54 bits per heavy atom. The minimum Gasteiger partial charge on any atom is -0.451 e. The van der Waals surface area contributed by atoms with Crippen molar-refractivity contribution in [3.05, 3.63) is 40.7 Å². The number of rotatable bonds is 5. The van der Waals surface area contributed by atoms with Crippen molar-refractivity contribution in [2.75, 3.05) is 13.2 Å². The normalized spacial score (nSPS) is 10.3. The number of benzene rings is 1. The minimum absolute atomic E-state index is 0.00999. The maximum absolute atomic E-state index is 12.1. The zero-order valence-corrected chi connectivity index (χ0v) is 15.1. The Kier molecular flexibility index (Phi) is 6.05. The Balaban J connectivity index is 2.05. The second-order valence-corrected chi connectivity index (χ2v) is 5.70. The van der Waals surface area contributed by atoms with Crippen LogP contribution in [-0.2, 0) is 9.53 Å². The van der Waals surface area contributed by atoms with Gasteiger partial charge >= 0.3 is 12.0 Å². The van der Waals surface area contributed by atoms with Crippen LogP contribution in [0.25, 0.3) is 5.69 Å². The second kappa shape index (κ2) is 8.24. The van der Waals surface area contributed by atoms with E-state index < -0.39 is 24.5 Å². The highest BCUT2D eigenvalue weighted by Gasteiger charge is 2.20. The van der Waals surface area contributed by atoms with Gasteiger partial charge in [0.25, 0.3) is 5.91 Å². The number of ether oxygens (including phenoxy) is 1. The first-order valence-corrected chi connectivity index (χ1v) is 8.08. The number of aromatic nitrogens is 3. The van der Waals surface area contributed by atoms with Crippen LogP contribution in [0.1, 0.15) is 34.2 Å². The average molecular weight is 359 g/mol. The molecule has 9 nitrogen and oxygen atoms in total. The van der Waals surface area contributed by atoms with Gasteiger partial charge in [-0.3, -0.25) is 10.1 Å². The van der Waals surface area contributed by atoms with Gasteiger partial charge in [0, 0.05) is 6.54 Å². The average Bonchev–Trinajstić information content (AvgIpc) is 2.94. The monoisotopic (exact) mass is 359 g/mol. The van der Waals surface area contributed by atoms with E-state index in [1.807, 2.05) is 37.4 Å². The highest BCUT2D eigenvalue weighted by molar-refractivity contribution is 5.96. The maximum atomic E-state index is 12.1. The molecule has 2 rings (SSSR count). The lowest BCUT2D eigenvalue weighted by molar-refractivity contribution is -0.123. The van der Waals surface area contributed by atoms with E-state index in [1.54, 1.807) is 13.8 Å². The molecule has 0 aliphatic carbocycles. The van der Waals surface area contributed by atoms with E-state index in [4.69, 9.17) is 4.74 Å². The summed E-state index contributed by atoms with van der Waals surface area (Å²) >= 11 is 0. The van der Waals surface area contributed by atoms with Crippen LogP contribution in [-0.4, -0.2) is 46.1 Å². The van der Waals surface area contributed by atoms with E-state index in [-0.39, 0.29) is 5.69 Å². The molecule has 0 spiro atoms. The summed E-state index contributed by atoms with van der Waals surface area (Å²) in [5.41, 5.74) is 3.19. The summed E-state index contributed by atoms with van der Waals surface area (Å²) in [5.74, 6) is -1.52. The van der Waals surface area contributed by atoms with Crippen LogP contribution in [0, 0.1) is 20.8 Å². The molecule has 0 saturated carbocycles. The Labute approximate surface area is 150 Å². The Morgan fingerprint density at radius 2 is 1.88 bits per heavy atom. The lowest BCUT2D eigenvalue weighted by Gasteiger charge is -2.05. The summed E-state index contributed by atoms with van der Waals surface area (Å²) in [6, 6.07) is 5.12. The number of nitrogens with one attached hydrogen (secondary N) is 2. The van der Waals surface area contributed by atoms with Gasteiger partial charge < -0.3 is 10.1 Å². The molecule has 0 aliphatic heterocycles. The minimum atomic E-state index is -0.787. The smallest absolute Gasteiger partial charge is 0.361 e. The lowest BCUT2D eigenvalue weighted by atomic mass is 10.1. The molecule has 1 aromatic carbocycles. The zero-order chi connectivity index (χ0) is 19.3. The molecule has 2 N–H and O–H groups in total. The van der Waals surface area contributed by atoms with Gasteiger partial charge in [0.1, 0.15) is 0 Å². The first kappa shape index (κ1) is 19.1. The number of aryl methyl sites for hydroxylation is 3. The largest absolute Gasteiger partial charge is 0.451 e. The summed E-state index contributed by atoms with van der Waals surface area (Å²) in [6.07, 6.45) is 0. The summed E-state index contributed by atoms with van der Waals surface area (Å²) in [6.45, 7) is 7.02. The molecule has 0 fully saturated rings. The van der Waals surface area contributed by atoms with Gasteiger partial charge in [0.15, 0.2) is 12.3 Å². The van der Waals surface area contributed by atoms with E-state index in [9.17, 15) is 14.4 Å². The molecule has 3 amide bonds. The Hall–Kier alpha value is -3.23. The highest BCUT2D eigenvalue weighted by atomic mass is 16.5. The van der Waals surface area contributed by atoms with Gasteiger partial charge in [-0.1, -0.05) is 17.7 Å². The number of carbonyl (C=O) groups excluding carboxylic acids is 3. The molecular weight excluding hydrogens is 338 g/mol. The number of hydrogen-bond acceptors (Lipinski definition) is 6. The number of imide groups is 1. The molecule has 1 aromatic heterocycles. The van der Waals surface area contributed by atoms with Crippen molar-refractivity contribution in [1.82, 2.24) is 25.6 Å². The fourth-order valence-corrected chi connectivity index (χ4v) is 2.27. The summed E-state index contributed by atoms with van der Waals surface area (Å²) in [7, 11) is 0. The van der Waals surface area contributed by atoms with Crippen LogP contribution < -0.4 is 10.6 Å². The third kappa shape index (κ3) is 4.65. The molecule has 0 unspecified atom stereocenters. The zero-order valence-electron chi connectivity index (χ0n) is 15.1. The SMILES string of the molecule is CCNC(=O)NC(=O)COC(=O)c1nn(-c2ccc(C)cc2C)nc1C. The molecule has 0 radical (unpaired) electrons.